The van der Waals surface area contributed by atoms with Gasteiger partial charge in [-0.3, -0.25) is 4.98 Å². The summed E-state index contributed by atoms with van der Waals surface area (Å²) in [7, 11) is 1.68. The molecule has 0 fully saturated rings. The van der Waals surface area contributed by atoms with Gasteiger partial charge in [0.25, 0.3) is 0 Å². The van der Waals surface area contributed by atoms with Gasteiger partial charge in [0, 0.05) is 24.9 Å². The van der Waals surface area contributed by atoms with Gasteiger partial charge in [0.15, 0.2) is 5.82 Å². The van der Waals surface area contributed by atoms with E-state index in [-0.39, 0.29) is 0 Å². The maximum atomic E-state index is 5.48. The summed E-state index contributed by atoms with van der Waals surface area (Å²) >= 11 is 0. The minimum Gasteiger partial charge on any atom is -0.373 e. The Kier molecular flexibility index (Phi) is 2.99. The minimum absolute atomic E-state index is 0.430. The van der Waals surface area contributed by atoms with E-state index < -0.39 is 5.60 Å². The van der Waals surface area contributed by atoms with Gasteiger partial charge >= 0.3 is 0 Å². The minimum atomic E-state index is -0.430. The van der Waals surface area contributed by atoms with Crippen LogP contribution in [0.1, 0.15) is 19.5 Å². The van der Waals surface area contributed by atoms with Crippen LogP contribution in [0.15, 0.2) is 42.9 Å². The van der Waals surface area contributed by atoms with Gasteiger partial charge in [0.05, 0.1) is 17.4 Å². The van der Waals surface area contributed by atoms with E-state index in [9.17, 15) is 0 Å². The first-order valence-corrected chi connectivity index (χ1v) is 6.42. The van der Waals surface area contributed by atoms with E-state index >= 15 is 0 Å². The summed E-state index contributed by atoms with van der Waals surface area (Å²) in [4.78, 5) is 8.76. The maximum absolute atomic E-state index is 5.48. The average Bonchev–Trinajstić information content (AvgIpc) is 2.91. The zero-order valence-electron chi connectivity index (χ0n) is 11.7. The average molecular weight is 268 g/mol. The lowest BCUT2D eigenvalue weighted by Crippen LogP contribution is -2.21. The molecule has 0 bridgehead atoms. The summed E-state index contributed by atoms with van der Waals surface area (Å²) in [6, 6.07) is 7.79. The SMILES string of the molecule is COC(C)(C)c1cccc(-n2ncc3cnccc32)n1. The molecule has 3 rings (SSSR count). The van der Waals surface area contributed by atoms with Gasteiger partial charge in [-0.1, -0.05) is 6.07 Å². The van der Waals surface area contributed by atoms with Crippen LogP contribution in [0.2, 0.25) is 0 Å². The standard InChI is InChI=1S/C15H16N4O/c1-15(2,20-3)13-5-4-6-14(18-13)19-12-7-8-16-9-11(12)10-17-19/h4-10H,1-3H3. The van der Waals surface area contributed by atoms with Crippen molar-refractivity contribution in [3.8, 4) is 5.82 Å². The lowest BCUT2D eigenvalue weighted by Gasteiger charge is -2.22. The monoisotopic (exact) mass is 268 g/mol. The topological polar surface area (TPSA) is 52.8 Å². The summed E-state index contributed by atoms with van der Waals surface area (Å²) in [5.74, 6) is 0.772. The molecule has 0 amide bonds. The Morgan fingerprint density at radius 1 is 1.15 bits per heavy atom. The number of ether oxygens (including phenoxy) is 1. The smallest absolute Gasteiger partial charge is 0.154 e. The van der Waals surface area contributed by atoms with Gasteiger partial charge in [-0.2, -0.15) is 5.10 Å². The third-order valence-corrected chi connectivity index (χ3v) is 3.45. The Morgan fingerprint density at radius 3 is 2.80 bits per heavy atom. The fourth-order valence-corrected chi connectivity index (χ4v) is 2.04. The van der Waals surface area contributed by atoms with Crippen LogP contribution in [0.4, 0.5) is 0 Å². The molecule has 0 atom stereocenters. The van der Waals surface area contributed by atoms with Gasteiger partial charge in [-0.05, 0) is 32.0 Å². The molecule has 5 nitrogen and oxygen atoms in total. The molecule has 3 heterocycles. The molecule has 0 spiro atoms. The van der Waals surface area contributed by atoms with Gasteiger partial charge in [0.2, 0.25) is 0 Å². The van der Waals surface area contributed by atoms with Crippen LogP contribution < -0.4 is 0 Å². The van der Waals surface area contributed by atoms with Crippen molar-refractivity contribution in [3.63, 3.8) is 0 Å². The summed E-state index contributed by atoms with van der Waals surface area (Å²) in [5.41, 5.74) is 1.43. The second-order valence-corrected chi connectivity index (χ2v) is 5.09. The van der Waals surface area contributed by atoms with Crippen molar-refractivity contribution in [1.29, 1.82) is 0 Å². The van der Waals surface area contributed by atoms with Gasteiger partial charge in [-0.15, -0.1) is 0 Å². The van der Waals surface area contributed by atoms with E-state index in [1.54, 1.807) is 25.7 Å². The van der Waals surface area contributed by atoms with Crippen LogP contribution in [-0.2, 0) is 10.3 Å². The molecule has 102 valence electrons. The van der Waals surface area contributed by atoms with E-state index in [0.717, 1.165) is 22.4 Å². The Hall–Kier alpha value is -2.27. The number of nitrogens with zero attached hydrogens (tertiary/aromatic N) is 4. The highest BCUT2D eigenvalue weighted by molar-refractivity contribution is 5.78. The van der Waals surface area contributed by atoms with Crippen molar-refractivity contribution in [2.24, 2.45) is 0 Å². The third kappa shape index (κ3) is 2.06. The molecule has 0 N–H and O–H groups in total. The molecular weight excluding hydrogens is 252 g/mol. The number of pyridine rings is 2. The van der Waals surface area contributed by atoms with Crippen molar-refractivity contribution in [2.75, 3.05) is 7.11 Å². The first-order valence-electron chi connectivity index (χ1n) is 6.42. The predicted octanol–water partition coefficient (Wildman–Crippen LogP) is 2.70. The van der Waals surface area contributed by atoms with Gasteiger partial charge in [0.1, 0.15) is 5.60 Å². The molecule has 3 aromatic rings. The number of hydrogen-bond donors (Lipinski definition) is 0. The maximum Gasteiger partial charge on any atom is 0.154 e. The molecule has 0 radical (unpaired) electrons. The molecule has 0 aliphatic carbocycles. The second-order valence-electron chi connectivity index (χ2n) is 5.09. The zero-order valence-corrected chi connectivity index (χ0v) is 11.7. The number of methoxy groups -OCH3 is 1. The fourth-order valence-electron chi connectivity index (χ4n) is 2.04. The number of hydrogen-bond acceptors (Lipinski definition) is 4. The van der Waals surface area contributed by atoms with Crippen molar-refractivity contribution in [1.82, 2.24) is 19.7 Å². The first-order chi connectivity index (χ1) is 9.62. The lowest BCUT2D eigenvalue weighted by atomic mass is 10.0. The molecule has 0 unspecified atom stereocenters. The molecule has 20 heavy (non-hydrogen) atoms. The molecule has 0 saturated heterocycles. The van der Waals surface area contributed by atoms with Crippen LogP contribution in [0.25, 0.3) is 16.7 Å². The van der Waals surface area contributed by atoms with Crippen LogP contribution in [0.3, 0.4) is 0 Å². The van der Waals surface area contributed by atoms with E-state index in [1.807, 2.05) is 42.8 Å². The third-order valence-electron chi connectivity index (χ3n) is 3.45. The normalized spacial score (nSPS) is 11.9. The van der Waals surface area contributed by atoms with Gasteiger partial charge < -0.3 is 4.74 Å². The Labute approximate surface area is 117 Å². The summed E-state index contributed by atoms with van der Waals surface area (Å²) in [6.07, 6.45) is 5.34. The largest absolute Gasteiger partial charge is 0.373 e. The quantitative estimate of drug-likeness (QED) is 0.733. The van der Waals surface area contributed by atoms with Crippen molar-refractivity contribution >= 4 is 10.9 Å². The highest BCUT2D eigenvalue weighted by atomic mass is 16.5. The molecule has 3 aromatic heterocycles. The van der Waals surface area contributed by atoms with Crippen molar-refractivity contribution in [2.45, 2.75) is 19.4 Å². The van der Waals surface area contributed by atoms with Crippen molar-refractivity contribution < 1.29 is 4.74 Å². The number of rotatable bonds is 3. The molecule has 5 heteroatoms. The van der Waals surface area contributed by atoms with Crippen molar-refractivity contribution in [3.05, 3.63) is 48.5 Å². The van der Waals surface area contributed by atoms with Crippen LogP contribution in [0.5, 0.6) is 0 Å². The fraction of sp³-hybridized carbons (Fsp3) is 0.267. The summed E-state index contributed by atoms with van der Waals surface area (Å²) in [5, 5.41) is 5.38. The summed E-state index contributed by atoms with van der Waals surface area (Å²) < 4.78 is 7.29. The van der Waals surface area contributed by atoms with Gasteiger partial charge in [-0.25, -0.2) is 9.67 Å². The Balaban J connectivity index is 2.13. The van der Waals surface area contributed by atoms with E-state index in [0.29, 0.717) is 0 Å². The highest BCUT2D eigenvalue weighted by Crippen LogP contribution is 2.23. The summed E-state index contributed by atoms with van der Waals surface area (Å²) in [6.45, 7) is 3.98. The molecule has 0 aliphatic rings. The van der Waals surface area contributed by atoms with E-state index in [2.05, 4.69) is 15.1 Å². The number of aromatic nitrogens is 4. The first kappa shape index (κ1) is 12.7. The van der Waals surface area contributed by atoms with Crippen LogP contribution in [-0.4, -0.2) is 26.9 Å². The predicted molar refractivity (Wildman–Crippen MR) is 76.7 cm³/mol. The van der Waals surface area contributed by atoms with E-state index in [1.165, 1.54) is 0 Å². The molecule has 0 aliphatic heterocycles. The number of fused-ring (bicyclic) bond motifs is 1. The highest BCUT2D eigenvalue weighted by Gasteiger charge is 2.21. The lowest BCUT2D eigenvalue weighted by molar-refractivity contribution is 0.0155. The van der Waals surface area contributed by atoms with Crippen LogP contribution >= 0.6 is 0 Å². The zero-order chi connectivity index (χ0) is 14.2. The molecule has 0 aromatic carbocycles. The molecule has 0 saturated carbocycles. The Bertz CT molecular complexity index is 748. The van der Waals surface area contributed by atoms with Crippen LogP contribution in [0, 0.1) is 0 Å². The second kappa shape index (κ2) is 4.68. The Morgan fingerprint density at radius 2 is 2.00 bits per heavy atom. The molecular formula is C15H16N4O. The van der Waals surface area contributed by atoms with E-state index in [4.69, 9.17) is 4.74 Å².